The van der Waals surface area contributed by atoms with Gasteiger partial charge in [-0.05, 0) is 62.1 Å². The van der Waals surface area contributed by atoms with E-state index in [1.54, 1.807) is 0 Å². The number of nitrogens with zero attached hydrogens (tertiary/aromatic N) is 3. The largest absolute Gasteiger partial charge is 0.334 e. The first kappa shape index (κ1) is 21.2. The number of aromatic nitrogens is 2. The molecule has 0 bridgehead atoms. The van der Waals surface area contributed by atoms with Crippen LogP contribution in [0.1, 0.15) is 49.6 Å². The number of hydrogen-bond acceptors (Lipinski definition) is 5. The molecule has 2 aromatic carbocycles. The van der Waals surface area contributed by atoms with Gasteiger partial charge in [-0.3, -0.25) is 9.69 Å². The maximum Gasteiger partial charge on any atom is 0.257 e. The molecule has 2 heterocycles. The molecule has 162 valence electrons. The molecule has 1 unspecified atom stereocenters. The van der Waals surface area contributed by atoms with Crippen LogP contribution < -0.4 is 5.32 Å². The smallest absolute Gasteiger partial charge is 0.257 e. The van der Waals surface area contributed by atoms with Crippen molar-refractivity contribution in [2.24, 2.45) is 5.92 Å². The molecular weight excluding hydrogens is 388 g/mol. The zero-order chi connectivity index (χ0) is 21.8. The second kappa shape index (κ2) is 9.43. The highest BCUT2D eigenvalue weighted by molar-refractivity contribution is 5.92. The molecule has 3 aromatic rings. The molecule has 1 amide bonds. The van der Waals surface area contributed by atoms with Gasteiger partial charge in [-0.25, -0.2) is 0 Å². The summed E-state index contributed by atoms with van der Waals surface area (Å²) in [7, 11) is 0. The van der Waals surface area contributed by atoms with Crippen molar-refractivity contribution in [3.63, 3.8) is 0 Å². The molecule has 31 heavy (non-hydrogen) atoms. The SMILES string of the molecule is Cc1ccc(-c2nc(CN3CCCC(C(=O)Nc4ccc(C(C)C)cc4)C3)no2)cc1. The molecule has 1 aromatic heterocycles. The van der Waals surface area contributed by atoms with Crippen molar-refractivity contribution in [3.8, 4) is 11.5 Å². The van der Waals surface area contributed by atoms with Crippen molar-refractivity contribution in [2.45, 2.75) is 46.1 Å². The predicted octanol–water partition coefficient (Wildman–Crippen LogP) is 5.02. The molecule has 6 nitrogen and oxygen atoms in total. The van der Waals surface area contributed by atoms with E-state index in [0.29, 0.717) is 30.7 Å². The minimum Gasteiger partial charge on any atom is -0.334 e. The van der Waals surface area contributed by atoms with E-state index in [9.17, 15) is 4.79 Å². The lowest BCUT2D eigenvalue weighted by Gasteiger charge is -2.31. The number of rotatable bonds is 6. The number of amides is 1. The Balaban J connectivity index is 1.34. The maximum atomic E-state index is 12.8. The molecule has 0 saturated carbocycles. The highest BCUT2D eigenvalue weighted by Crippen LogP contribution is 2.23. The van der Waals surface area contributed by atoms with Gasteiger partial charge in [0.05, 0.1) is 12.5 Å². The van der Waals surface area contributed by atoms with Crippen LogP contribution in [0.15, 0.2) is 53.1 Å². The summed E-state index contributed by atoms with van der Waals surface area (Å²) in [6.07, 6.45) is 1.88. The first-order valence-electron chi connectivity index (χ1n) is 11.0. The van der Waals surface area contributed by atoms with Gasteiger partial charge in [-0.15, -0.1) is 0 Å². The third kappa shape index (κ3) is 5.39. The molecule has 4 rings (SSSR count). The summed E-state index contributed by atoms with van der Waals surface area (Å²) < 4.78 is 5.44. The average molecular weight is 419 g/mol. The van der Waals surface area contributed by atoms with Gasteiger partial charge in [-0.2, -0.15) is 4.98 Å². The van der Waals surface area contributed by atoms with Crippen LogP contribution in [0, 0.1) is 12.8 Å². The Morgan fingerprint density at radius 2 is 1.90 bits per heavy atom. The fraction of sp³-hybridized carbons (Fsp3) is 0.400. The van der Waals surface area contributed by atoms with E-state index in [1.807, 2.05) is 43.3 Å². The zero-order valence-corrected chi connectivity index (χ0v) is 18.5. The van der Waals surface area contributed by atoms with Crippen LogP contribution in [0.4, 0.5) is 5.69 Å². The monoisotopic (exact) mass is 418 g/mol. The van der Waals surface area contributed by atoms with Crippen LogP contribution in [-0.4, -0.2) is 34.0 Å². The molecule has 1 atom stereocenters. The number of likely N-dealkylation sites (tertiary alicyclic amines) is 1. The number of carbonyl (C=O) groups excluding carboxylic acids is 1. The van der Waals surface area contributed by atoms with E-state index >= 15 is 0 Å². The summed E-state index contributed by atoms with van der Waals surface area (Å²) >= 11 is 0. The van der Waals surface area contributed by atoms with E-state index in [0.717, 1.165) is 30.6 Å². The van der Waals surface area contributed by atoms with E-state index in [-0.39, 0.29) is 11.8 Å². The molecule has 1 N–H and O–H groups in total. The molecule has 1 aliphatic rings. The topological polar surface area (TPSA) is 71.3 Å². The van der Waals surface area contributed by atoms with Crippen molar-refractivity contribution in [1.29, 1.82) is 0 Å². The summed E-state index contributed by atoms with van der Waals surface area (Å²) in [5, 5.41) is 7.22. The highest BCUT2D eigenvalue weighted by Gasteiger charge is 2.27. The summed E-state index contributed by atoms with van der Waals surface area (Å²) in [5.41, 5.74) is 4.24. The highest BCUT2D eigenvalue weighted by atomic mass is 16.5. The summed E-state index contributed by atoms with van der Waals surface area (Å²) in [6.45, 7) is 8.59. The van der Waals surface area contributed by atoms with Crippen molar-refractivity contribution >= 4 is 11.6 Å². The summed E-state index contributed by atoms with van der Waals surface area (Å²) in [5.74, 6) is 1.71. The summed E-state index contributed by atoms with van der Waals surface area (Å²) in [6, 6.07) is 16.2. The van der Waals surface area contributed by atoms with Gasteiger partial charge in [0.1, 0.15) is 0 Å². The van der Waals surface area contributed by atoms with E-state index in [1.165, 1.54) is 11.1 Å². The van der Waals surface area contributed by atoms with Gasteiger partial charge < -0.3 is 9.84 Å². The lowest BCUT2D eigenvalue weighted by Crippen LogP contribution is -2.40. The number of piperidine rings is 1. The van der Waals surface area contributed by atoms with Crippen LogP contribution in [0.3, 0.4) is 0 Å². The molecule has 1 aliphatic heterocycles. The Morgan fingerprint density at radius 1 is 1.16 bits per heavy atom. The number of hydrogen-bond donors (Lipinski definition) is 1. The van der Waals surface area contributed by atoms with Crippen LogP contribution in [0.2, 0.25) is 0 Å². The van der Waals surface area contributed by atoms with Crippen molar-refractivity contribution < 1.29 is 9.32 Å². The fourth-order valence-corrected chi connectivity index (χ4v) is 3.94. The molecular formula is C25H30N4O2. The third-order valence-electron chi connectivity index (χ3n) is 5.85. The van der Waals surface area contributed by atoms with Gasteiger partial charge in [0.2, 0.25) is 5.91 Å². The summed E-state index contributed by atoms with van der Waals surface area (Å²) in [4.78, 5) is 19.6. The minimum absolute atomic E-state index is 0.0398. The van der Waals surface area contributed by atoms with Gasteiger partial charge in [0, 0.05) is 17.8 Å². The van der Waals surface area contributed by atoms with E-state index in [2.05, 4.69) is 46.3 Å². The van der Waals surface area contributed by atoms with Crippen molar-refractivity contribution in [2.75, 3.05) is 18.4 Å². The van der Waals surface area contributed by atoms with Gasteiger partial charge in [0.25, 0.3) is 5.89 Å². The van der Waals surface area contributed by atoms with Gasteiger partial charge in [-0.1, -0.05) is 48.8 Å². The van der Waals surface area contributed by atoms with Crippen molar-refractivity contribution in [3.05, 3.63) is 65.5 Å². The second-order valence-electron chi connectivity index (χ2n) is 8.72. The number of aryl methyl sites for hydroxylation is 1. The Bertz CT molecular complexity index is 1010. The lowest BCUT2D eigenvalue weighted by atomic mass is 9.97. The van der Waals surface area contributed by atoms with Crippen LogP contribution in [0.5, 0.6) is 0 Å². The Kier molecular flexibility index (Phi) is 6.47. The van der Waals surface area contributed by atoms with E-state index < -0.39 is 0 Å². The quantitative estimate of drug-likeness (QED) is 0.609. The number of benzene rings is 2. The Labute approximate surface area is 183 Å². The number of carbonyl (C=O) groups is 1. The molecule has 1 fully saturated rings. The Hall–Kier alpha value is -2.99. The lowest BCUT2D eigenvalue weighted by molar-refractivity contribution is -0.121. The Morgan fingerprint density at radius 3 is 2.61 bits per heavy atom. The first-order valence-corrected chi connectivity index (χ1v) is 11.0. The maximum absolute atomic E-state index is 12.8. The zero-order valence-electron chi connectivity index (χ0n) is 18.5. The fourth-order valence-electron chi connectivity index (χ4n) is 3.94. The standard InChI is InChI=1S/C25H30N4O2/c1-17(2)19-10-12-22(13-11-19)26-24(30)21-5-4-14-29(15-21)16-23-27-25(31-28-23)20-8-6-18(3)7-9-20/h6-13,17,21H,4-5,14-16H2,1-3H3,(H,26,30). The molecule has 0 aliphatic carbocycles. The van der Waals surface area contributed by atoms with Crippen LogP contribution >= 0.6 is 0 Å². The molecule has 0 spiro atoms. The normalized spacial score (nSPS) is 17.1. The van der Waals surface area contributed by atoms with Gasteiger partial charge >= 0.3 is 0 Å². The minimum atomic E-state index is -0.0398. The average Bonchev–Trinajstić information content (AvgIpc) is 3.23. The molecule has 0 radical (unpaired) electrons. The number of nitrogens with one attached hydrogen (secondary N) is 1. The first-order chi connectivity index (χ1) is 15.0. The van der Waals surface area contributed by atoms with Crippen molar-refractivity contribution in [1.82, 2.24) is 15.0 Å². The number of anilines is 1. The predicted molar refractivity (Wildman–Crippen MR) is 122 cm³/mol. The second-order valence-corrected chi connectivity index (χ2v) is 8.72. The van der Waals surface area contributed by atoms with Crippen LogP contribution in [0.25, 0.3) is 11.5 Å². The third-order valence-corrected chi connectivity index (χ3v) is 5.85. The van der Waals surface area contributed by atoms with E-state index in [4.69, 9.17) is 4.52 Å². The van der Waals surface area contributed by atoms with Crippen LogP contribution in [-0.2, 0) is 11.3 Å². The molecule has 1 saturated heterocycles. The van der Waals surface area contributed by atoms with Gasteiger partial charge in [0.15, 0.2) is 5.82 Å². The molecule has 6 heteroatoms.